The minimum atomic E-state index is -4.67. The highest BCUT2D eigenvalue weighted by Gasteiger charge is 2.32. The number of rotatable bonds is 12. The third-order valence-electron chi connectivity index (χ3n) is 6.32. The number of hydrogen-bond acceptors (Lipinski definition) is 6. The van der Waals surface area contributed by atoms with E-state index < -0.39 is 41.0 Å². The lowest BCUT2D eigenvalue weighted by Gasteiger charge is -2.14. The zero-order valence-corrected chi connectivity index (χ0v) is 25.6. The maximum atomic E-state index is 13.5. The summed E-state index contributed by atoms with van der Waals surface area (Å²) in [6, 6.07) is 13.1. The SMILES string of the molecule is CCCCOc1ccc(C(=O)NCc2nnc(SCC(=O)Nc3cc(C(F)(F)F)ccc3Cl)n2-c2cccc(C(F)(F)F)c2)cc1. The summed E-state index contributed by atoms with van der Waals surface area (Å²) >= 11 is 6.72. The molecule has 0 atom stereocenters. The van der Waals surface area contributed by atoms with E-state index in [1.165, 1.54) is 16.7 Å². The Kier molecular flexibility index (Phi) is 11.2. The molecule has 46 heavy (non-hydrogen) atoms. The van der Waals surface area contributed by atoms with Crippen LogP contribution in [-0.2, 0) is 23.7 Å². The second-order valence-electron chi connectivity index (χ2n) is 9.72. The predicted molar refractivity (Wildman–Crippen MR) is 160 cm³/mol. The predicted octanol–water partition coefficient (Wildman–Crippen LogP) is 7.80. The molecular formula is C30H26ClF6N5O3S. The number of thioether (sulfide) groups is 1. The number of ether oxygens (including phenoxy) is 1. The van der Waals surface area contributed by atoms with Gasteiger partial charge < -0.3 is 15.4 Å². The number of halogens is 7. The molecule has 1 aromatic heterocycles. The molecule has 2 amide bonds. The average Bonchev–Trinajstić information content (AvgIpc) is 3.42. The van der Waals surface area contributed by atoms with Crippen LogP contribution in [0.3, 0.4) is 0 Å². The van der Waals surface area contributed by atoms with Crippen LogP contribution < -0.4 is 15.4 Å². The number of aromatic nitrogens is 3. The molecule has 0 bridgehead atoms. The number of nitrogens with one attached hydrogen (secondary N) is 2. The summed E-state index contributed by atoms with van der Waals surface area (Å²) in [7, 11) is 0. The Morgan fingerprint density at radius 2 is 1.63 bits per heavy atom. The molecule has 0 fully saturated rings. The molecule has 0 radical (unpaired) electrons. The second-order valence-corrected chi connectivity index (χ2v) is 11.1. The molecule has 3 aromatic carbocycles. The van der Waals surface area contributed by atoms with Gasteiger partial charge in [-0.1, -0.05) is 42.8 Å². The number of hydrogen-bond donors (Lipinski definition) is 2. The number of carbonyl (C=O) groups excluding carboxylic acids is 2. The number of nitrogens with zero attached hydrogens (tertiary/aromatic N) is 3. The van der Waals surface area contributed by atoms with Crippen molar-refractivity contribution >= 4 is 40.9 Å². The van der Waals surface area contributed by atoms with E-state index in [1.807, 2.05) is 6.92 Å². The Balaban J connectivity index is 1.53. The van der Waals surface area contributed by atoms with Crippen LogP contribution in [0.15, 0.2) is 71.9 Å². The molecule has 4 rings (SSSR count). The lowest BCUT2D eigenvalue weighted by atomic mass is 10.2. The monoisotopic (exact) mass is 685 g/mol. The highest BCUT2D eigenvalue weighted by Crippen LogP contribution is 2.34. The first-order valence-corrected chi connectivity index (χ1v) is 15.0. The van der Waals surface area contributed by atoms with Gasteiger partial charge in [-0.05, 0) is 67.1 Å². The van der Waals surface area contributed by atoms with Crippen LogP contribution in [0.4, 0.5) is 32.0 Å². The van der Waals surface area contributed by atoms with Crippen molar-refractivity contribution in [2.45, 2.75) is 43.8 Å². The number of anilines is 1. The van der Waals surface area contributed by atoms with Gasteiger partial charge in [-0.25, -0.2) is 0 Å². The summed E-state index contributed by atoms with van der Waals surface area (Å²) in [5.41, 5.74) is -1.95. The van der Waals surface area contributed by atoms with Crippen molar-refractivity contribution < 1.29 is 40.7 Å². The highest BCUT2D eigenvalue weighted by molar-refractivity contribution is 7.99. The summed E-state index contributed by atoms with van der Waals surface area (Å²) in [5, 5.41) is 12.8. The highest BCUT2D eigenvalue weighted by atomic mass is 35.5. The smallest absolute Gasteiger partial charge is 0.416 e. The Labute approximate surface area is 268 Å². The third-order valence-corrected chi connectivity index (χ3v) is 7.58. The fraction of sp³-hybridized carbons (Fsp3) is 0.267. The molecule has 0 spiro atoms. The van der Waals surface area contributed by atoms with Gasteiger partial charge in [0.2, 0.25) is 5.91 Å². The van der Waals surface area contributed by atoms with Crippen molar-refractivity contribution in [3.05, 3.63) is 94.3 Å². The van der Waals surface area contributed by atoms with Crippen molar-refractivity contribution in [3.63, 3.8) is 0 Å². The fourth-order valence-electron chi connectivity index (χ4n) is 4.00. The number of alkyl halides is 6. The molecule has 0 aliphatic carbocycles. The van der Waals surface area contributed by atoms with Crippen LogP contribution in [0.5, 0.6) is 5.75 Å². The van der Waals surface area contributed by atoms with Gasteiger partial charge in [-0.15, -0.1) is 10.2 Å². The summed E-state index contributed by atoms with van der Waals surface area (Å²) in [6.07, 6.45) is -7.49. The van der Waals surface area contributed by atoms with E-state index >= 15 is 0 Å². The first kappa shape index (κ1) is 34.6. The summed E-state index contributed by atoms with van der Waals surface area (Å²) in [6.45, 7) is 2.32. The van der Waals surface area contributed by atoms with Crippen LogP contribution in [-0.4, -0.2) is 38.9 Å². The van der Waals surface area contributed by atoms with Crippen LogP contribution in [0.1, 0.15) is 47.1 Å². The van der Waals surface area contributed by atoms with Gasteiger partial charge >= 0.3 is 12.4 Å². The van der Waals surface area contributed by atoms with E-state index in [9.17, 15) is 35.9 Å². The van der Waals surface area contributed by atoms with Gasteiger partial charge in [0.05, 0.1) is 46.4 Å². The molecule has 0 saturated carbocycles. The number of carbonyl (C=O) groups is 2. The van der Waals surface area contributed by atoms with Crippen molar-refractivity contribution in [2.75, 3.05) is 17.7 Å². The normalized spacial score (nSPS) is 11.7. The van der Waals surface area contributed by atoms with Crippen LogP contribution in [0, 0.1) is 0 Å². The maximum absolute atomic E-state index is 13.5. The lowest BCUT2D eigenvalue weighted by molar-refractivity contribution is -0.138. The fourth-order valence-corrected chi connectivity index (χ4v) is 4.94. The van der Waals surface area contributed by atoms with Crippen molar-refractivity contribution in [3.8, 4) is 11.4 Å². The summed E-state index contributed by atoms with van der Waals surface area (Å²) in [5.74, 6) is -1.03. The quantitative estimate of drug-likeness (QED) is 0.0898. The van der Waals surface area contributed by atoms with Crippen LogP contribution in [0.2, 0.25) is 5.02 Å². The largest absolute Gasteiger partial charge is 0.494 e. The Bertz CT molecular complexity index is 1680. The van der Waals surface area contributed by atoms with Gasteiger partial charge in [0.1, 0.15) is 5.75 Å². The second kappa shape index (κ2) is 14.9. The molecule has 244 valence electrons. The third kappa shape index (κ3) is 9.16. The standard InChI is InChI=1S/C30H26ClF6N5O3S/c1-2-3-13-45-22-10-7-18(8-11-22)27(44)38-16-25-40-41-28(42(25)21-6-4-5-19(14-21)29(32,33)34)46-17-26(43)39-24-15-20(30(35,36)37)9-12-23(24)31/h4-12,14-15H,2-3,13,16-17H2,1H3,(H,38,44)(H,39,43). The minimum Gasteiger partial charge on any atom is -0.494 e. The molecule has 0 unspecified atom stereocenters. The lowest BCUT2D eigenvalue weighted by Crippen LogP contribution is -2.24. The topological polar surface area (TPSA) is 98.1 Å². The Morgan fingerprint density at radius 1 is 0.935 bits per heavy atom. The van der Waals surface area contributed by atoms with Gasteiger partial charge in [0.15, 0.2) is 11.0 Å². The molecule has 8 nitrogen and oxygen atoms in total. The molecule has 0 saturated heterocycles. The number of unbranched alkanes of at least 4 members (excludes halogenated alkanes) is 1. The number of benzene rings is 3. The van der Waals surface area contributed by atoms with Crippen LogP contribution >= 0.6 is 23.4 Å². The molecular weight excluding hydrogens is 660 g/mol. The average molecular weight is 686 g/mol. The van der Waals surface area contributed by atoms with E-state index in [0.29, 0.717) is 24.0 Å². The van der Waals surface area contributed by atoms with Gasteiger partial charge in [-0.2, -0.15) is 26.3 Å². The first-order chi connectivity index (χ1) is 21.8. The van der Waals surface area contributed by atoms with Crippen molar-refractivity contribution in [1.82, 2.24) is 20.1 Å². The molecule has 2 N–H and O–H groups in total. The maximum Gasteiger partial charge on any atom is 0.416 e. The first-order valence-electron chi connectivity index (χ1n) is 13.7. The van der Waals surface area contributed by atoms with Gasteiger partial charge in [-0.3, -0.25) is 14.2 Å². The summed E-state index contributed by atoms with van der Waals surface area (Å²) in [4.78, 5) is 25.5. The van der Waals surface area contributed by atoms with Crippen molar-refractivity contribution in [2.24, 2.45) is 0 Å². The van der Waals surface area contributed by atoms with Crippen LogP contribution in [0.25, 0.3) is 5.69 Å². The van der Waals surface area contributed by atoms with Crippen molar-refractivity contribution in [1.29, 1.82) is 0 Å². The molecule has 0 aliphatic rings. The molecule has 0 aliphatic heterocycles. The molecule has 1 heterocycles. The summed E-state index contributed by atoms with van der Waals surface area (Å²) < 4.78 is 86.7. The Hall–Kier alpha value is -4.24. The van der Waals surface area contributed by atoms with E-state index in [0.717, 1.165) is 48.9 Å². The van der Waals surface area contributed by atoms with E-state index in [1.54, 1.807) is 24.3 Å². The van der Waals surface area contributed by atoms with Gasteiger partial charge in [0, 0.05) is 5.56 Å². The van der Waals surface area contributed by atoms with E-state index in [2.05, 4.69) is 20.8 Å². The molecule has 4 aromatic rings. The number of amides is 2. The van der Waals surface area contributed by atoms with E-state index in [4.69, 9.17) is 16.3 Å². The molecule has 16 heteroatoms. The minimum absolute atomic E-state index is 0.00138. The van der Waals surface area contributed by atoms with E-state index in [-0.39, 0.29) is 33.9 Å². The van der Waals surface area contributed by atoms with Gasteiger partial charge in [0.25, 0.3) is 5.91 Å². The zero-order valence-electron chi connectivity index (χ0n) is 24.0. The Morgan fingerprint density at radius 3 is 2.30 bits per heavy atom. The zero-order chi connectivity index (χ0) is 33.5.